The Morgan fingerprint density at radius 1 is 0.933 bits per heavy atom. The topological polar surface area (TPSA) is 93.2 Å². The first kappa shape index (κ1) is 22.2. The van der Waals surface area contributed by atoms with E-state index >= 15 is 0 Å². The molecule has 0 saturated carbocycles. The van der Waals surface area contributed by atoms with Crippen molar-refractivity contribution in [2.75, 3.05) is 4.72 Å². The molecule has 1 heterocycles. The molecule has 0 aliphatic carbocycles. The summed E-state index contributed by atoms with van der Waals surface area (Å²) in [4.78, 5) is 2.86. The number of nitrogens with one attached hydrogen (secondary N) is 1. The summed E-state index contributed by atoms with van der Waals surface area (Å²) < 4.78 is 93.0. The third kappa shape index (κ3) is 4.99. The fourth-order valence-corrected chi connectivity index (χ4v) is 6.05. The number of rotatable bonds is 7. The van der Waals surface area contributed by atoms with E-state index in [1.807, 2.05) is 0 Å². The SMILES string of the molecule is O=S(=O)(Nc1nccs1)c1ccc(S(=O)(=O)C(Cc2ccccc2)C(F)(F)F)cc1. The van der Waals surface area contributed by atoms with Gasteiger partial charge in [-0.15, -0.1) is 11.3 Å². The molecule has 3 aromatic rings. The molecule has 30 heavy (non-hydrogen) atoms. The third-order valence-corrected chi connectivity index (χ3v) is 8.41. The van der Waals surface area contributed by atoms with Crippen LogP contribution in [-0.2, 0) is 26.3 Å². The average Bonchev–Trinajstić information content (AvgIpc) is 3.18. The van der Waals surface area contributed by atoms with Crippen molar-refractivity contribution in [3.8, 4) is 0 Å². The van der Waals surface area contributed by atoms with Gasteiger partial charge in [-0.05, 0) is 36.2 Å². The molecule has 1 aromatic heterocycles. The van der Waals surface area contributed by atoms with E-state index in [0.717, 1.165) is 35.6 Å². The minimum atomic E-state index is -5.01. The number of benzene rings is 2. The minimum absolute atomic E-state index is 0.103. The average molecular weight is 477 g/mol. The summed E-state index contributed by atoms with van der Waals surface area (Å²) in [7, 11) is -8.88. The molecule has 0 saturated heterocycles. The third-order valence-electron chi connectivity index (χ3n) is 4.12. The highest BCUT2D eigenvalue weighted by molar-refractivity contribution is 7.93. The molecule has 0 amide bonds. The number of halogens is 3. The molecule has 6 nitrogen and oxygen atoms in total. The number of nitrogens with zero attached hydrogens (tertiary/aromatic N) is 1. The Balaban J connectivity index is 1.90. The number of thiazole rings is 1. The second kappa shape index (κ2) is 8.36. The van der Waals surface area contributed by atoms with Gasteiger partial charge in [-0.3, -0.25) is 4.72 Å². The Labute approximate surface area is 175 Å². The molecule has 160 valence electrons. The Bertz CT molecular complexity index is 1190. The lowest BCUT2D eigenvalue weighted by Gasteiger charge is -2.21. The van der Waals surface area contributed by atoms with Crippen LogP contribution in [-0.4, -0.2) is 33.2 Å². The smallest absolute Gasteiger partial charge is 0.255 e. The lowest BCUT2D eigenvalue weighted by Crippen LogP contribution is -2.38. The summed E-state index contributed by atoms with van der Waals surface area (Å²) in [6, 6.07) is 11.1. The first-order valence-corrected chi connectivity index (χ1v) is 12.3. The molecule has 0 radical (unpaired) electrons. The van der Waals surface area contributed by atoms with Gasteiger partial charge in [0.05, 0.1) is 9.79 Å². The molecule has 1 atom stereocenters. The lowest BCUT2D eigenvalue weighted by molar-refractivity contribution is -0.130. The fraction of sp³-hybridized carbons (Fsp3) is 0.167. The highest BCUT2D eigenvalue weighted by Crippen LogP contribution is 2.33. The molecule has 12 heteroatoms. The molecule has 2 aromatic carbocycles. The predicted molar refractivity (Wildman–Crippen MR) is 107 cm³/mol. The Morgan fingerprint density at radius 2 is 1.53 bits per heavy atom. The minimum Gasteiger partial charge on any atom is -0.255 e. The predicted octanol–water partition coefficient (Wildman–Crippen LogP) is 3.89. The number of sulfonamides is 1. The zero-order chi connectivity index (χ0) is 22.0. The van der Waals surface area contributed by atoms with E-state index in [0.29, 0.717) is 0 Å². The van der Waals surface area contributed by atoms with Gasteiger partial charge in [0.15, 0.2) is 20.2 Å². The van der Waals surface area contributed by atoms with Crippen molar-refractivity contribution < 1.29 is 30.0 Å². The van der Waals surface area contributed by atoms with Gasteiger partial charge in [0, 0.05) is 11.6 Å². The molecule has 0 aliphatic heterocycles. The summed E-state index contributed by atoms with van der Waals surface area (Å²) in [5.41, 5.74) is 0.218. The maximum absolute atomic E-state index is 13.6. The highest BCUT2D eigenvalue weighted by atomic mass is 32.2. The van der Waals surface area contributed by atoms with Crippen LogP contribution in [0.4, 0.5) is 18.3 Å². The normalized spacial score (nSPS) is 13.7. The Morgan fingerprint density at radius 3 is 2.07 bits per heavy atom. The zero-order valence-corrected chi connectivity index (χ0v) is 17.5. The molecule has 1 unspecified atom stereocenters. The second-order valence-corrected chi connectivity index (χ2v) is 10.9. The van der Waals surface area contributed by atoms with Gasteiger partial charge in [0.1, 0.15) is 0 Å². The van der Waals surface area contributed by atoms with Crippen molar-refractivity contribution in [2.24, 2.45) is 0 Å². The highest BCUT2D eigenvalue weighted by Gasteiger charge is 2.49. The van der Waals surface area contributed by atoms with Crippen molar-refractivity contribution in [1.82, 2.24) is 4.98 Å². The summed E-state index contributed by atoms with van der Waals surface area (Å²) in [6.45, 7) is 0. The second-order valence-electron chi connectivity index (χ2n) is 6.18. The van der Waals surface area contributed by atoms with Crippen LogP contribution in [0, 0.1) is 0 Å². The number of anilines is 1. The standard InChI is InChI=1S/C18H15F3N2O4S3/c19-18(20,21)16(12-13-4-2-1-3-5-13)29(24,25)14-6-8-15(9-7-14)30(26,27)23-17-22-10-11-28-17/h1-11,16H,12H2,(H,22,23). The molecule has 0 spiro atoms. The van der Waals surface area contributed by atoms with Crippen LogP contribution >= 0.6 is 11.3 Å². The summed E-state index contributed by atoms with van der Waals surface area (Å²) in [5, 5.41) is -1.01. The zero-order valence-electron chi connectivity index (χ0n) is 15.1. The van der Waals surface area contributed by atoms with Crippen LogP contribution in [0.3, 0.4) is 0 Å². The van der Waals surface area contributed by atoms with Gasteiger partial charge >= 0.3 is 6.18 Å². The summed E-state index contributed by atoms with van der Waals surface area (Å²) in [5.74, 6) is 0. The largest absolute Gasteiger partial charge is 0.406 e. The summed E-state index contributed by atoms with van der Waals surface area (Å²) in [6.07, 6.45) is -4.37. The van der Waals surface area contributed by atoms with Crippen molar-refractivity contribution in [1.29, 1.82) is 0 Å². The van der Waals surface area contributed by atoms with E-state index in [1.165, 1.54) is 30.5 Å². The molecule has 3 rings (SSSR count). The van der Waals surface area contributed by atoms with Crippen LogP contribution in [0.5, 0.6) is 0 Å². The van der Waals surface area contributed by atoms with Gasteiger partial charge in [0.2, 0.25) is 0 Å². The van der Waals surface area contributed by atoms with Crippen molar-refractivity contribution in [3.05, 3.63) is 71.7 Å². The van der Waals surface area contributed by atoms with Crippen LogP contribution in [0.15, 0.2) is 76.0 Å². The maximum Gasteiger partial charge on any atom is 0.406 e. The van der Waals surface area contributed by atoms with Gasteiger partial charge in [-0.2, -0.15) is 13.2 Å². The molecule has 0 fully saturated rings. The van der Waals surface area contributed by atoms with Gasteiger partial charge in [-0.1, -0.05) is 30.3 Å². The quantitative estimate of drug-likeness (QED) is 0.559. The Kier molecular flexibility index (Phi) is 6.20. The van der Waals surface area contributed by atoms with E-state index in [1.54, 1.807) is 11.4 Å². The van der Waals surface area contributed by atoms with Crippen LogP contribution in [0.25, 0.3) is 0 Å². The molecular weight excluding hydrogens is 461 g/mol. The maximum atomic E-state index is 13.6. The van der Waals surface area contributed by atoms with E-state index < -0.39 is 42.6 Å². The van der Waals surface area contributed by atoms with Gasteiger partial charge in [0.25, 0.3) is 10.0 Å². The number of sulfone groups is 1. The van der Waals surface area contributed by atoms with Crippen LogP contribution < -0.4 is 4.72 Å². The first-order chi connectivity index (χ1) is 14.0. The van der Waals surface area contributed by atoms with E-state index in [2.05, 4.69) is 9.71 Å². The number of alkyl halides is 3. The van der Waals surface area contributed by atoms with Crippen LogP contribution in [0.2, 0.25) is 0 Å². The monoisotopic (exact) mass is 476 g/mol. The van der Waals surface area contributed by atoms with Crippen molar-refractivity contribution in [3.63, 3.8) is 0 Å². The van der Waals surface area contributed by atoms with Crippen molar-refractivity contribution >= 4 is 36.3 Å². The number of hydrogen-bond acceptors (Lipinski definition) is 6. The fourth-order valence-electron chi connectivity index (χ4n) is 2.65. The van der Waals surface area contributed by atoms with E-state index in [-0.39, 0.29) is 15.6 Å². The molecule has 0 aliphatic rings. The first-order valence-electron chi connectivity index (χ1n) is 8.37. The molecule has 1 N–H and O–H groups in total. The number of aromatic nitrogens is 1. The molecular formula is C18H15F3N2O4S3. The lowest BCUT2D eigenvalue weighted by atomic mass is 10.1. The number of hydrogen-bond donors (Lipinski definition) is 1. The molecule has 0 bridgehead atoms. The van der Waals surface area contributed by atoms with Crippen molar-refractivity contribution in [2.45, 2.75) is 27.6 Å². The van der Waals surface area contributed by atoms with Gasteiger partial charge < -0.3 is 0 Å². The Hall–Kier alpha value is -2.44. The summed E-state index contributed by atoms with van der Waals surface area (Å²) >= 11 is 1.04. The van der Waals surface area contributed by atoms with E-state index in [9.17, 15) is 30.0 Å². The van der Waals surface area contributed by atoms with Gasteiger partial charge in [-0.25, -0.2) is 21.8 Å². The van der Waals surface area contributed by atoms with E-state index in [4.69, 9.17) is 0 Å². The van der Waals surface area contributed by atoms with Crippen LogP contribution in [0.1, 0.15) is 5.56 Å².